The van der Waals surface area contributed by atoms with E-state index >= 15 is 0 Å². The van der Waals surface area contributed by atoms with Gasteiger partial charge in [0, 0.05) is 18.0 Å². The third kappa shape index (κ3) is 2.50. The third-order valence-electron chi connectivity index (χ3n) is 4.23. The Bertz CT molecular complexity index is 987. The lowest BCUT2D eigenvalue weighted by atomic mass is 10.0. The van der Waals surface area contributed by atoms with Crippen LogP contribution in [0.15, 0.2) is 30.3 Å². The van der Waals surface area contributed by atoms with Crippen molar-refractivity contribution < 1.29 is 23.8 Å². The number of esters is 2. The summed E-state index contributed by atoms with van der Waals surface area (Å²) in [6.07, 6.45) is 0. The highest BCUT2D eigenvalue weighted by molar-refractivity contribution is 6.20. The molecule has 25 heavy (non-hydrogen) atoms. The van der Waals surface area contributed by atoms with Crippen molar-refractivity contribution in [1.82, 2.24) is 4.57 Å². The first-order valence-electron chi connectivity index (χ1n) is 7.88. The van der Waals surface area contributed by atoms with Crippen LogP contribution < -0.4 is 4.74 Å². The number of hydrogen-bond donors (Lipinski definition) is 0. The van der Waals surface area contributed by atoms with Crippen molar-refractivity contribution in [2.45, 2.75) is 6.92 Å². The molecule has 3 aromatic rings. The van der Waals surface area contributed by atoms with Gasteiger partial charge in [0.2, 0.25) is 0 Å². The van der Waals surface area contributed by atoms with E-state index in [0.717, 1.165) is 16.3 Å². The van der Waals surface area contributed by atoms with Gasteiger partial charge in [-0.1, -0.05) is 18.2 Å². The molecule has 1 heterocycles. The molecule has 130 valence electrons. The maximum atomic E-state index is 12.5. The molecule has 0 aliphatic carbocycles. The summed E-state index contributed by atoms with van der Waals surface area (Å²) in [6, 6.07) is 9.30. The zero-order chi connectivity index (χ0) is 18.1. The fourth-order valence-corrected chi connectivity index (χ4v) is 3.19. The summed E-state index contributed by atoms with van der Waals surface area (Å²) in [5.74, 6) is -0.685. The minimum atomic E-state index is -0.617. The molecule has 0 N–H and O–H groups in total. The van der Waals surface area contributed by atoms with Crippen LogP contribution in [0.25, 0.3) is 21.8 Å². The number of fused-ring (bicyclic) bond motifs is 3. The Balaban J connectivity index is 2.57. The van der Waals surface area contributed by atoms with Gasteiger partial charge in [0.05, 0.1) is 42.9 Å². The number of carbonyl (C=O) groups excluding carboxylic acids is 2. The lowest BCUT2D eigenvalue weighted by Crippen LogP contribution is -2.14. The van der Waals surface area contributed by atoms with Crippen LogP contribution in [0.1, 0.15) is 27.6 Å². The molecule has 0 spiro atoms. The normalized spacial score (nSPS) is 10.9. The predicted molar refractivity (Wildman–Crippen MR) is 94.3 cm³/mol. The highest BCUT2D eigenvalue weighted by atomic mass is 16.5. The van der Waals surface area contributed by atoms with Crippen molar-refractivity contribution in [3.8, 4) is 5.75 Å². The summed E-state index contributed by atoms with van der Waals surface area (Å²) in [5, 5.41) is 1.71. The molecule has 0 atom stereocenters. The molecule has 0 amide bonds. The maximum absolute atomic E-state index is 12.5. The smallest absolute Gasteiger partial charge is 0.340 e. The standard InChI is InChI=1S/C19H19NO5/c1-5-25-14-10-12(18(21)23-3)16(19(22)24-4)17-15(14)11-8-6-7-9-13(11)20(17)2/h6-10H,5H2,1-4H3. The third-order valence-corrected chi connectivity index (χ3v) is 4.23. The van der Waals surface area contributed by atoms with Crippen LogP contribution in [0.3, 0.4) is 0 Å². The second kappa shape index (κ2) is 6.47. The molecule has 3 rings (SSSR count). The van der Waals surface area contributed by atoms with Crippen LogP contribution in [-0.2, 0) is 16.5 Å². The van der Waals surface area contributed by atoms with Gasteiger partial charge in [-0.15, -0.1) is 0 Å². The van der Waals surface area contributed by atoms with E-state index in [4.69, 9.17) is 14.2 Å². The number of ether oxygens (including phenoxy) is 3. The molecule has 0 saturated heterocycles. The Morgan fingerprint density at radius 2 is 1.76 bits per heavy atom. The molecule has 6 heteroatoms. The largest absolute Gasteiger partial charge is 0.493 e. The van der Waals surface area contributed by atoms with Crippen molar-refractivity contribution >= 4 is 33.7 Å². The van der Waals surface area contributed by atoms with E-state index in [0.29, 0.717) is 17.9 Å². The number of benzene rings is 2. The van der Waals surface area contributed by atoms with E-state index in [1.54, 1.807) is 6.07 Å². The Morgan fingerprint density at radius 1 is 1.08 bits per heavy atom. The molecular weight excluding hydrogens is 322 g/mol. The van der Waals surface area contributed by atoms with Crippen molar-refractivity contribution in [1.29, 1.82) is 0 Å². The van der Waals surface area contributed by atoms with Crippen LogP contribution in [0.4, 0.5) is 0 Å². The van der Waals surface area contributed by atoms with Gasteiger partial charge in [-0.05, 0) is 19.1 Å². The van der Waals surface area contributed by atoms with E-state index in [1.165, 1.54) is 14.2 Å². The predicted octanol–water partition coefficient (Wildman–Crippen LogP) is 3.30. The van der Waals surface area contributed by atoms with E-state index in [2.05, 4.69) is 0 Å². The zero-order valence-electron chi connectivity index (χ0n) is 14.6. The molecule has 0 aliphatic heterocycles. The summed E-state index contributed by atoms with van der Waals surface area (Å²) >= 11 is 0. The first kappa shape index (κ1) is 16.8. The Kier molecular flexibility index (Phi) is 4.35. The van der Waals surface area contributed by atoms with Crippen molar-refractivity contribution in [2.75, 3.05) is 20.8 Å². The number of aromatic nitrogens is 1. The van der Waals surface area contributed by atoms with E-state index in [-0.39, 0.29) is 11.1 Å². The van der Waals surface area contributed by atoms with Gasteiger partial charge in [0.1, 0.15) is 5.75 Å². The minimum Gasteiger partial charge on any atom is -0.493 e. The van der Waals surface area contributed by atoms with Gasteiger partial charge in [0.15, 0.2) is 0 Å². The maximum Gasteiger partial charge on any atom is 0.340 e. The molecule has 0 radical (unpaired) electrons. The fraction of sp³-hybridized carbons (Fsp3) is 0.263. The van der Waals surface area contributed by atoms with Gasteiger partial charge in [-0.2, -0.15) is 0 Å². The molecular formula is C19H19NO5. The summed E-state index contributed by atoms with van der Waals surface area (Å²) < 4.78 is 17.4. The monoisotopic (exact) mass is 341 g/mol. The first-order chi connectivity index (χ1) is 12.0. The molecule has 0 fully saturated rings. The number of para-hydroxylation sites is 1. The molecule has 0 unspecified atom stereocenters. The summed E-state index contributed by atoms with van der Waals surface area (Å²) in [6.45, 7) is 2.29. The van der Waals surface area contributed by atoms with E-state index in [9.17, 15) is 9.59 Å². The minimum absolute atomic E-state index is 0.121. The van der Waals surface area contributed by atoms with Crippen LogP contribution >= 0.6 is 0 Å². The average molecular weight is 341 g/mol. The summed E-state index contributed by atoms with van der Waals surface area (Å²) in [7, 11) is 4.40. The molecule has 0 aliphatic rings. The molecule has 0 saturated carbocycles. The summed E-state index contributed by atoms with van der Waals surface area (Å²) in [5.41, 5.74) is 1.80. The number of hydrogen-bond acceptors (Lipinski definition) is 5. The average Bonchev–Trinajstić information content (AvgIpc) is 2.94. The van der Waals surface area contributed by atoms with Gasteiger partial charge in [-0.25, -0.2) is 9.59 Å². The van der Waals surface area contributed by atoms with Gasteiger partial charge < -0.3 is 18.8 Å². The highest BCUT2D eigenvalue weighted by Crippen LogP contribution is 2.39. The Hall–Kier alpha value is -3.02. The number of methoxy groups -OCH3 is 2. The topological polar surface area (TPSA) is 66.8 Å². The highest BCUT2D eigenvalue weighted by Gasteiger charge is 2.28. The van der Waals surface area contributed by atoms with E-state index in [1.807, 2.05) is 42.8 Å². The number of aryl methyl sites for hydroxylation is 1. The number of nitrogens with zero attached hydrogens (tertiary/aromatic N) is 1. The molecule has 2 aromatic carbocycles. The molecule has 6 nitrogen and oxygen atoms in total. The SMILES string of the molecule is CCOc1cc(C(=O)OC)c(C(=O)OC)c2c1c1ccccc1n2C. The Morgan fingerprint density at radius 3 is 2.40 bits per heavy atom. The number of rotatable bonds is 4. The Labute approximate surface area is 144 Å². The first-order valence-corrected chi connectivity index (χ1v) is 7.88. The zero-order valence-corrected chi connectivity index (χ0v) is 14.6. The van der Waals surface area contributed by atoms with Crippen molar-refractivity contribution in [2.24, 2.45) is 7.05 Å². The quantitative estimate of drug-likeness (QED) is 0.681. The second-order valence-corrected chi connectivity index (χ2v) is 5.51. The fourth-order valence-electron chi connectivity index (χ4n) is 3.19. The van der Waals surface area contributed by atoms with Crippen LogP contribution in [0.5, 0.6) is 5.75 Å². The van der Waals surface area contributed by atoms with Crippen LogP contribution in [0.2, 0.25) is 0 Å². The van der Waals surface area contributed by atoms with Gasteiger partial charge in [-0.3, -0.25) is 0 Å². The van der Waals surface area contributed by atoms with Crippen LogP contribution in [0, 0.1) is 0 Å². The van der Waals surface area contributed by atoms with Crippen LogP contribution in [-0.4, -0.2) is 37.3 Å². The van der Waals surface area contributed by atoms with Gasteiger partial charge in [0.25, 0.3) is 0 Å². The molecule has 0 bridgehead atoms. The lowest BCUT2D eigenvalue weighted by Gasteiger charge is -2.13. The molecule has 1 aromatic heterocycles. The van der Waals surface area contributed by atoms with Gasteiger partial charge >= 0.3 is 11.9 Å². The second-order valence-electron chi connectivity index (χ2n) is 5.51. The lowest BCUT2D eigenvalue weighted by molar-refractivity contribution is 0.0556. The number of carbonyl (C=O) groups is 2. The van der Waals surface area contributed by atoms with E-state index < -0.39 is 11.9 Å². The van der Waals surface area contributed by atoms with Crippen molar-refractivity contribution in [3.05, 3.63) is 41.5 Å². The van der Waals surface area contributed by atoms with Crippen molar-refractivity contribution in [3.63, 3.8) is 0 Å². The summed E-state index contributed by atoms with van der Waals surface area (Å²) in [4.78, 5) is 24.8.